The predicted molar refractivity (Wildman–Crippen MR) is 115 cm³/mol. The van der Waals surface area contributed by atoms with Crippen LogP contribution in [0, 0.1) is 0 Å². The van der Waals surface area contributed by atoms with Crippen LogP contribution >= 0.6 is 0 Å². The van der Waals surface area contributed by atoms with Crippen LogP contribution in [0.5, 0.6) is 5.75 Å². The zero-order chi connectivity index (χ0) is 22.6. The van der Waals surface area contributed by atoms with Crippen molar-refractivity contribution in [3.8, 4) is 5.75 Å². The highest BCUT2D eigenvalue weighted by Gasteiger charge is 2.26. The van der Waals surface area contributed by atoms with Gasteiger partial charge in [0.15, 0.2) is 0 Å². The number of nitrogens with zero attached hydrogens (tertiary/aromatic N) is 3. The van der Waals surface area contributed by atoms with Gasteiger partial charge >= 0.3 is 5.97 Å². The first-order valence-corrected chi connectivity index (χ1v) is 10.6. The number of hydrogen-bond acceptors (Lipinski definition) is 9. The SMILES string of the molecule is CCOC(=O)c1ccc2ncc(S(=O)(=O)c3ccc(OC)cc3)c(N(N)/C=N\N)c2c1. The average Bonchev–Trinajstić information content (AvgIpc) is 2.78. The average molecular weight is 443 g/mol. The monoisotopic (exact) mass is 443 g/mol. The van der Waals surface area contributed by atoms with Crippen molar-refractivity contribution in [2.75, 3.05) is 18.7 Å². The van der Waals surface area contributed by atoms with Crippen LogP contribution in [0.2, 0.25) is 0 Å². The number of ether oxygens (including phenoxy) is 2. The van der Waals surface area contributed by atoms with Crippen molar-refractivity contribution in [1.29, 1.82) is 0 Å². The Hall–Kier alpha value is -3.70. The smallest absolute Gasteiger partial charge is 0.338 e. The Labute approximate surface area is 179 Å². The normalized spacial score (nSPS) is 11.6. The summed E-state index contributed by atoms with van der Waals surface area (Å²) in [6.07, 6.45) is 2.25. The molecular formula is C20H21N5O5S. The second kappa shape index (κ2) is 8.98. The standard InChI is InChI=1S/C20H21N5O5S/c1-3-30-20(26)13-4-9-17-16(10-13)19(25(22)12-24-21)18(11-23-17)31(27,28)15-7-5-14(29-2)6-8-15/h4-12H,3,21-22H2,1-2H3/b24-12-. The molecule has 0 aliphatic heterocycles. The van der Waals surface area contributed by atoms with Crippen molar-refractivity contribution in [2.24, 2.45) is 16.8 Å². The van der Waals surface area contributed by atoms with E-state index in [0.29, 0.717) is 16.7 Å². The molecule has 3 rings (SSSR count). The number of hydrogen-bond donors (Lipinski definition) is 2. The topological polar surface area (TPSA) is 150 Å². The number of anilines is 1. The van der Waals surface area contributed by atoms with Crippen LogP contribution in [0.25, 0.3) is 10.9 Å². The number of hydrazine groups is 1. The molecule has 0 fully saturated rings. The highest BCUT2D eigenvalue weighted by Crippen LogP contribution is 2.35. The molecule has 1 heterocycles. The molecule has 0 radical (unpaired) electrons. The molecule has 0 atom stereocenters. The van der Waals surface area contributed by atoms with Crippen LogP contribution in [0.15, 0.2) is 63.6 Å². The number of benzene rings is 2. The highest BCUT2D eigenvalue weighted by molar-refractivity contribution is 7.91. The van der Waals surface area contributed by atoms with E-state index < -0.39 is 15.8 Å². The van der Waals surface area contributed by atoms with E-state index in [4.69, 9.17) is 21.2 Å². The number of methoxy groups -OCH3 is 1. The Morgan fingerprint density at radius 1 is 1.23 bits per heavy atom. The van der Waals surface area contributed by atoms with Gasteiger partial charge in [0.25, 0.3) is 0 Å². The van der Waals surface area contributed by atoms with E-state index in [2.05, 4.69) is 10.1 Å². The zero-order valence-electron chi connectivity index (χ0n) is 16.8. The summed E-state index contributed by atoms with van der Waals surface area (Å²) in [5.74, 6) is 11.2. The van der Waals surface area contributed by atoms with Gasteiger partial charge in [0, 0.05) is 11.6 Å². The minimum Gasteiger partial charge on any atom is -0.497 e. The van der Waals surface area contributed by atoms with Crippen molar-refractivity contribution in [2.45, 2.75) is 16.7 Å². The molecule has 0 saturated heterocycles. The van der Waals surface area contributed by atoms with Gasteiger partial charge in [-0.3, -0.25) is 9.99 Å². The van der Waals surface area contributed by atoms with Crippen molar-refractivity contribution in [3.05, 3.63) is 54.2 Å². The van der Waals surface area contributed by atoms with Crippen LogP contribution < -0.4 is 21.4 Å². The molecule has 0 unspecified atom stereocenters. The molecule has 0 aliphatic carbocycles. The Kier molecular flexibility index (Phi) is 6.37. The van der Waals surface area contributed by atoms with Gasteiger partial charge in [-0.05, 0) is 49.4 Å². The summed E-state index contributed by atoms with van der Waals surface area (Å²) in [5.41, 5.74) is 0.688. The largest absolute Gasteiger partial charge is 0.497 e. The summed E-state index contributed by atoms with van der Waals surface area (Å²) < 4.78 is 36.9. The molecule has 10 nitrogen and oxygen atoms in total. The van der Waals surface area contributed by atoms with Gasteiger partial charge < -0.3 is 15.3 Å². The van der Waals surface area contributed by atoms with Gasteiger partial charge in [-0.1, -0.05) is 0 Å². The molecule has 4 N–H and O–H groups in total. The van der Waals surface area contributed by atoms with E-state index in [1.807, 2.05) is 0 Å². The number of rotatable bonds is 7. The van der Waals surface area contributed by atoms with Crippen LogP contribution in [0.1, 0.15) is 17.3 Å². The molecule has 0 aliphatic rings. The van der Waals surface area contributed by atoms with Gasteiger partial charge in [-0.15, -0.1) is 0 Å². The van der Waals surface area contributed by atoms with Gasteiger partial charge in [-0.2, -0.15) is 5.10 Å². The van der Waals surface area contributed by atoms with Crippen molar-refractivity contribution >= 4 is 38.7 Å². The summed E-state index contributed by atoms with van der Waals surface area (Å²) in [6.45, 7) is 1.88. The molecule has 0 spiro atoms. The third kappa shape index (κ3) is 4.27. The number of sulfone groups is 1. The fraction of sp³-hybridized carbons (Fsp3) is 0.150. The molecule has 1 aromatic heterocycles. The third-order valence-electron chi connectivity index (χ3n) is 4.43. The summed E-state index contributed by atoms with van der Waals surface area (Å²) in [5, 5.41) is 4.65. The van der Waals surface area contributed by atoms with Crippen LogP contribution in [-0.4, -0.2) is 39.4 Å². The van der Waals surface area contributed by atoms with E-state index in [-0.39, 0.29) is 27.6 Å². The highest BCUT2D eigenvalue weighted by atomic mass is 32.2. The maximum absolute atomic E-state index is 13.4. The summed E-state index contributed by atoms with van der Waals surface area (Å²) in [4.78, 5) is 16.3. The number of aromatic nitrogens is 1. The first-order valence-electron chi connectivity index (χ1n) is 9.09. The summed E-state index contributed by atoms with van der Waals surface area (Å²) in [7, 11) is -2.57. The van der Waals surface area contributed by atoms with Gasteiger partial charge in [0.05, 0.1) is 35.4 Å². The predicted octanol–water partition coefficient (Wildman–Crippen LogP) is 1.83. The Morgan fingerprint density at radius 3 is 2.55 bits per heavy atom. The lowest BCUT2D eigenvalue weighted by molar-refractivity contribution is 0.0526. The lowest BCUT2D eigenvalue weighted by Gasteiger charge is -2.19. The van der Waals surface area contributed by atoms with Crippen molar-refractivity contribution in [1.82, 2.24) is 4.98 Å². The second-order valence-electron chi connectivity index (χ2n) is 6.27. The first kappa shape index (κ1) is 22.0. The number of hydrazone groups is 1. The molecule has 0 saturated carbocycles. The summed E-state index contributed by atoms with van der Waals surface area (Å²) >= 11 is 0. The number of esters is 1. The van der Waals surface area contributed by atoms with Crippen LogP contribution in [-0.2, 0) is 14.6 Å². The minimum absolute atomic E-state index is 0.00957. The molecule has 11 heteroatoms. The van der Waals surface area contributed by atoms with Gasteiger partial charge in [0.1, 0.15) is 17.0 Å². The van der Waals surface area contributed by atoms with E-state index in [0.717, 1.165) is 11.3 Å². The lowest BCUT2D eigenvalue weighted by Crippen LogP contribution is -2.31. The molecule has 31 heavy (non-hydrogen) atoms. The van der Waals surface area contributed by atoms with Crippen molar-refractivity contribution in [3.63, 3.8) is 0 Å². The quantitative estimate of drug-likeness (QED) is 0.183. The number of nitrogens with two attached hydrogens (primary N) is 2. The number of carbonyl (C=O) groups is 1. The molecule has 3 aromatic rings. The molecule has 2 aromatic carbocycles. The van der Waals surface area contributed by atoms with Crippen LogP contribution in [0.4, 0.5) is 5.69 Å². The van der Waals surface area contributed by atoms with Crippen molar-refractivity contribution < 1.29 is 22.7 Å². The fourth-order valence-electron chi connectivity index (χ4n) is 2.98. The van der Waals surface area contributed by atoms with E-state index in [1.165, 1.54) is 49.7 Å². The Bertz CT molecular complexity index is 1240. The second-order valence-corrected chi connectivity index (χ2v) is 8.19. The third-order valence-corrected chi connectivity index (χ3v) is 6.20. The Balaban J connectivity index is 2.28. The van der Waals surface area contributed by atoms with E-state index >= 15 is 0 Å². The molecular weight excluding hydrogens is 422 g/mol. The van der Waals surface area contributed by atoms with Gasteiger partial charge in [0.2, 0.25) is 9.84 Å². The number of pyridine rings is 1. The zero-order valence-corrected chi connectivity index (χ0v) is 17.7. The minimum atomic E-state index is -4.05. The maximum Gasteiger partial charge on any atom is 0.338 e. The van der Waals surface area contributed by atoms with Crippen LogP contribution in [0.3, 0.4) is 0 Å². The number of fused-ring (bicyclic) bond motifs is 1. The summed E-state index contributed by atoms with van der Waals surface area (Å²) in [6, 6.07) is 10.5. The molecule has 0 bridgehead atoms. The molecule has 0 amide bonds. The van der Waals surface area contributed by atoms with Gasteiger partial charge in [-0.25, -0.2) is 19.1 Å². The maximum atomic E-state index is 13.4. The Morgan fingerprint density at radius 2 is 1.94 bits per heavy atom. The van der Waals surface area contributed by atoms with E-state index in [1.54, 1.807) is 13.0 Å². The lowest BCUT2D eigenvalue weighted by atomic mass is 10.1. The first-order chi connectivity index (χ1) is 14.8. The number of carbonyl (C=O) groups excluding carboxylic acids is 1. The fourth-order valence-corrected chi connectivity index (χ4v) is 4.39. The van der Waals surface area contributed by atoms with E-state index in [9.17, 15) is 13.2 Å². The molecule has 162 valence electrons.